The third kappa shape index (κ3) is 5.35. The lowest BCUT2D eigenvalue weighted by molar-refractivity contribution is -0.384. The lowest BCUT2D eigenvalue weighted by atomic mass is 10.0. The first-order chi connectivity index (χ1) is 13.9. The number of rotatable bonds is 7. The van der Waals surface area contributed by atoms with E-state index in [1.54, 1.807) is 35.3 Å². The zero-order chi connectivity index (χ0) is 20.8. The Kier molecular flexibility index (Phi) is 6.13. The van der Waals surface area contributed by atoms with E-state index in [9.17, 15) is 14.9 Å². The van der Waals surface area contributed by atoms with Crippen LogP contribution in [0.1, 0.15) is 46.9 Å². The fraction of sp³-hybridized carbons (Fsp3) is 0.190. The molecule has 1 N–H and O–H groups in total. The van der Waals surface area contributed by atoms with Crippen molar-refractivity contribution in [1.82, 2.24) is 15.2 Å². The van der Waals surface area contributed by atoms with Crippen LogP contribution < -0.4 is 5.43 Å². The number of carbonyl (C=O) groups excluding carboxylic acids is 1. The summed E-state index contributed by atoms with van der Waals surface area (Å²) in [6.07, 6.45) is 3.25. The molecule has 148 valence electrons. The number of non-ortho nitro benzene ring substituents is 1. The SMILES string of the molecule is CC(C)c1ccc(C=NNC(=O)c2ccn(Cc3ccc([N+](=O)[O-])cc3)n2)cc1. The highest BCUT2D eigenvalue weighted by Crippen LogP contribution is 2.14. The van der Waals surface area contributed by atoms with Gasteiger partial charge in [-0.05, 0) is 28.7 Å². The molecule has 0 saturated carbocycles. The minimum atomic E-state index is -0.445. The van der Waals surface area contributed by atoms with E-state index in [1.165, 1.54) is 17.7 Å². The molecule has 8 nitrogen and oxygen atoms in total. The second-order valence-electron chi connectivity index (χ2n) is 6.84. The van der Waals surface area contributed by atoms with Crippen LogP contribution in [-0.2, 0) is 6.54 Å². The number of hydrazone groups is 1. The van der Waals surface area contributed by atoms with Gasteiger partial charge in [-0.25, -0.2) is 5.43 Å². The van der Waals surface area contributed by atoms with Crippen LogP contribution in [0.4, 0.5) is 5.69 Å². The Morgan fingerprint density at radius 2 is 1.86 bits per heavy atom. The van der Waals surface area contributed by atoms with Gasteiger partial charge in [-0.3, -0.25) is 19.6 Å². The third-order valence-electron chi connectivity index (χ3n) is 4.35. The van der Waals surface area contributed by atoms with Gasteiger partial charge in [0, 0.05) is 18.3 Å². The molecule has 0 atom stereocenters. The van der Waals surface area contributed by atoms with Gasteiger partial charge in [-0.1, -0.05) is 50.2 Å². The maximum absolute atomic E-state index is 12.2. The molecule has 0 fully saturated rings. The van der Waals surface area contributed by atoms with Gasteiger partial charge in [0.25, 0.3) is 11.6 Å². The minimum Gasteiger partial charge on any atom is -0.268 e. The summed E-state index contributed by atoms with van der Waals surface area (Å²) in [6, 6.07) is 15.8. The molecule has 1 heterocycles. The van der Waals surface area contributed by atoms with Gasteiger partial charge >= 0.3 is 0 Å². The van der Waals surface area contributed by atoms with Gasteiger partial charge in [-0.2, -0.15) is 10.2 Å². The van der Waals surface area contributed by atoms with Crippen molar-refractivity contribution in [2.24, 2.45) is 5.10 Å². The number of nitrogens with zero attached hydrogens (tertiary/aromatic N) is 4. The fourth-order valence-electron chi connectivity index (χ4n) is 2.67. The second-order valence-corrected chi connectivity index (χ2v) is 6.84. The quantitative estimate of drug-likeness (QED) is 0.376. The fourth-order valence-corrected chi connectivity index (χ4v) is 2.67. The summed E-state index contributed by atoms with van der Waals surface area (Å²) in [4.78, 5) is 22.4. The Hall–Kier alpha value is -3.81. The molecule has 3 aromatic rings. The van der Waals surface area contributed by atoms with Crippen molar-refractivity contribution in [2.45, 2.75) is 26.3 Å². The van der Waals surface area contributed by atoms with E-state index in [2.05, 4.69) is 29.5 Å². The standard InChI is InChI=1S/C21H21N5O3/c1-15(2)18-7-3-16(4-8-18)13-22-23-21(27)20-11-12-25(24-20)14-17-5-9-19(10-6-17)26(28)29/h3-13,15H,14H2,1-2H3,(H,23,27). The van der Waals surface area contributed by atoms with E-state index >= 15 is 0 Å². The number of hydrogen-bond donors (Lipinski definition) is 1. The molecule has 0 aliphatic carbocycles. The molecule has 0 unspecified atom stereocenters. The summed E-state index contributed by atoms with van der Waals surface area (Å²) >= 11 is 0. The maximum atomic E-state index is 12.2. The predicted octanol–water partition coefficient (Wildman–Crippen LogP) is 3.73. The van der Waals surface area contributed by atoms with Gasteiger partial charge in [0.05, 0.1) is 17.7 Å². The van der Waals surface area contributed by atoms with Gasteiger partial charge in [0.2, 0.25) is 0 Å². The smallest absolute Gasteiger partial charge is 0.268 e. The van der Waals surface area contributed by atoms with Crippen LogP contribution in [0.3, 0.4) is 0 Å². The van der Waals surface area contributed by atoms with Gasteiger partial charge in [-0.15, -0.1) is 0 Å². The van der Waals surface area contributed by atoms with Crippen molar-refractivity contribution in [2.75, 3.05) is 0 Å². The highest BCUT2D eigenvalue weighted by molar-refractivity contribution is 5.93. The number of amides is 1. The lowest BCUT2D eigenvalue weighted by Crippen LogP contribution is -2.18. The number of nitro benzene ring substituents is 1. The predicted molar refractivity (Wildman–Crippen MR) is 110 cm³/mol. The van der Waals surface area contributed by atoms with E-state index in [0.717, 1.165) is 11.1 Å². The van der Waals surface area contributed by atoms with E-state index in [0.29, 0.717) is 12.5 Å². The molecular formula is C21H21N5O3. The Morgan fingerprint density at radius 3 is 2.48 bits per heavy atom. The Labute approximate surface area is 168 Å². The average molecular weight is 391 g/mol. The lowest BCUT2D eigenvalue weighted by Gasteiger charge is -2.04. The summed E-state index contributed by atoms with van der Waals surface area (Å²) < 4.78 is 1.59. The number of aromatic nitrogens is 2. The Morgan fingerprint density at radius 1 is 1.17 bits per heavy atom. The first-order valence-electron chi connectivity index (χ1n) is 9.12. The highest BCUT2D eigenvalue weighted by atomic mass is 16.6. The van der Waals surface area contributed by atoms with E-state index < -0.39 is 10.8 Å². The zero-order valence-corrected chi connectivity index (χ0v) is 16.1. The van der Waals surface area contributed by atoms with Crippen LogP contribution in [0.5, 0.6) is 0 Å². The first kappa shape index (κ1) is 19.9. The van der Waals surface area contributed by atoms with Gasteiger partial charge in [0.15, 0.2) is 5.69 Å². The summed E-state index contributed by atoms with van der Waals surface area (Å²) in [7, 11) is 0. The van der Waals surface area contributed by atoms with E-state index in [-0.39, 0.29) is 11.4 Å². The molecule has 1 amide bonds. The average Bonchev–Trinajstić information content (AvgIpc) is 3.17. The van der Waals surface area contributed by atoms with Crippen molar-refractivity contribution in [1.29, 1.82) is 0 Å². The van der Waals surface area contributed by atoms with E-state index in [4.69, 9.17) is 0 Å². The maximum Gasteiger partial charge on any atom is 0.291 e. The summed E-state index contributed by atoms with van der Waals surface area (Å²) in [5.74, 6) is 0.0457. The molecule has 0 saturated heterocycles. The van der Waals surface area contributed by atoms with Crippen LogP contribution in [0, 0.1) is 10.1 Å². The van der Waals surface area contributed by atoms with Crippen LogP contribution in [0.25, 0.3) is 0 Å². The first-order valence-corrected chi connectivity index (χ1v) is 9.12. The van der Waals surface area contributed by atoms with Crippen molar-refractivity contribution < 1.29 is 9.72 Å². The summed E-state index contributed by atoms with van der Waals surface area (Å²) in [6.45, 7) is 4.66. The number of benzene rings is 2. The van der Waals surface area contributed by atoms with Gasteiger partial charge in [0.1, 0.15) is 0 Å². The van der Waals surface area contributed by atoms with Gasteiger partial charge < -0.3 is 0 Å². The van der Waals surface area contributed by atoms with Crippen LogP contribution in [-0.4, -0.2) is 26.8 Å². The molecular weight excluding hydrogens is 370 g/mol. The summed E-state index contributed by atoms with van der Waals surface area (Å²) in [5, 5.41) is 18.9. The van der Waals surface area contributed by atoms with Crippen LogP contribution in [0.2, 0.25) is 0 Å². The number of hydrogen-bond acceptors (Lipinski definition) is 5. The van der Waals surface area contributed by atoms with E-state index in [1.807, 2.05) is 24.3 Å². The monoisotopic (exact) mass is 391 g/mol. The molecule has 2 aromatic carbocycles. The van der Waals surface area contributed by atoms with Crippen LogP contribution in [0.15, 0.2) is 65.9 Å². The molecule has 8 heteroatoms. The molecule has 0 spiro atoms. The Bertz CT molecular complexity index is 1020. The molecule has 0 radical (unpaired) electrons. The number of nitrogens with one attached hydrogen (secondary N) is 1. The molecule has 0 aliphatic rings. The zero-order valence-electron chi connectivity index (χ0n) is 16.1. The Balaban J connectivity index is 1.56. The second kappa shape index (κ2) is 8.92. The largest absolute Gasteiger partial charge is 0.291 e. The van der Waals surface area contributed by atoms with Crippen molar-refractivity contribution in [3.05, 3.63) is 93.3 Å². The van der Waals surface area contributed by atoms with Crippen molar-refractivity contribution >= 4 is 17.8 Å². The number of carbonyl (C=O) groups is 1. The molecule has 3 rings (SSSR count). The van der Waals surface area contributed by atoms with Crippen LogP contribution >= 0.6 is 0 Å². The van der Waals surface area contributed by atoms with Crippen molar-refractivity contribution in [3.8, 4) is 0 Å². The minimum absolute atomic E-state index is 0.0333. The molecule has 0 aliphatic heterocycles. The normalized spacial score (nSPS) is 11.1. The third-order valence-corrected chi connectivity index (χ3v) is 4.35. The molecule has 29 heavy (non-hydrogen) atoms. The molecule has 0 bridgehead atoms. The number of nitro groups is 1. The topological polar surface area (TPSA) is 102 Å². The summed E-state index contributed by atoms with van der Waals surface area (Å²) in [5.41, 5.74) is 5.70. The molecule has 1 aromatic heterocycles. The van der Waals surface area contributed by atoms with Crippen molar-refractivity contribution in [3.63, 3.8) is 0 Å². The highest BCUT2D eigenvalue weighted by Gasteiger charge is 2.09.